The second-order valence-electron chi connectivity index (χ2n) is 4.13. The molecule has 2 aliphatic rings. The van der Waals surface area contributed by atoms with Gasteiger partial charge < -0.3 is 4.74 Å². The summed E-state index contributed by atoms with van der Waals surface area (Å²) in [5.41, 5.74) is 0.805. The molecule has 0 radical (unpaired) electrons. The van der Waals surface area contributed by atoms with Crippen LogP contribution >= 0.6 is 11.8 Å². The third-order valence-corrected chi connectivity index (χ3v) is 4.18. The molecule has 0 bridgehead atoms. The minimum atomic E-state index is -0.487. The molecule has 1 aromatic rings. The molecule has 0 amide bonds. The van der Waals surface area contributed by atoms with Crippen LogP contribution < -0.4 is 0 Å². The van der Waals surface area contributed by atoms with Gasteiger partial charge in [-0.1, -0.05) is 30.3 Å². The van der Waals surface area contributed by atoms with Gasteiger partial charge in [-0.25, -0.2) is 0 Å². The van der Waals surface area contributed by atoms with Crippen molar-refractivity contribution in [2.45, 2.75) is 17.5 Å². The topological polar surface area (TPSA) is 29.6 Å². The van der Waals surface area contributed by atoms with Crippen LogP contribution in [-0.2, 0) is 15.3 Å². The first-order chi connectivity index (χ1) is 7.81. The van der Waals surface area contributed by atoms with Gasteiger partial charge in [0.05, 0.1) is 0 Å². The Morgan fingerprint density at radius 1 is 1.31 bits per heavy atom. The Kier molecular flexibility index (Phi) is 2.37. The van der Waals surface area contributed by atoms with Crippen molar-refractivity contribution in [3.05, 3.63) is 48.0 Å². The van der Waals surface area contributed by atoms with Crippen LogP contribution in [0.3, 0.4) is 0 Å². The molecule has 2 nitrogen and oxygen atoms in total. The number of carbonyl (C=O) groups is 1. The molecule has 82 valence electrons. The lowest BCUT2D eigenvalue weighted by Crippen LogP contribution is -2.24. The van der Waals surface area contributed by atoms with Crippen molar-refractivity contribution in [1.29, 1.82) is 0 Å². The lowest BCUT2D eigenvalue weighted by Gasteiger charge is -2.06. The van der Waals surface area contributed by atoms with Crippen LogP contribution in [0.5, 0.6) is 0 Å². The van der Waals surface area contributed by atoms with E-state index in [0.29, 0.717) is 0 Å². The van der Waals surface area contributed by atoms with Gasteiger partial charge in [-0.3, -0.25) is 4.79 Å². The number of carbonyl (C=O) groups excluding carboxylic acids is 1. The molecule has 1 aromatic carbocycles. The predicted octanol–water partition coefficient (Wildman–Crippen LogP) is 2.20. The Hall–Kier alpha value is -1.06. The zero-order valence-electron chi connectivity index (χ0n) is 8.76. The summed E-state index contributed by atoms with van der Waals surface area (Å²) in [5, 5.41) is 0. The molecule has 1 saturated heterocycles. The molecule has 3 heteroatoms. The number of hydrogen-bond acceptors (Lipinski definition) is 3. The summed E-state index contributed by atoms with van der Waals surface area (Å²) in [7, 11) is 0. The zero-order chi connectivity index (χ0) is 11.0. The Balaban J connectivity index is 1.54. The second kappa shape index (κ2) is 3.75. The summed E-state index contributed by atoms with van der Waals surface area (Å²) < 4.78 is 5.43. The molecule has 0 spiro atoms. The van der Waals surface area contributed by atoms with Gasteiger partial charge in [-0.15, -0.1) is 0 Å². The summed E-state index contributed by atoms with van der Waals surface area (Å²) in [6, 6.07) is 10.3. The number of ether oxygens (including phenoxy) is 1. The average Bonchev–Trinajstić information content (AvgIpc) is 2.95. The lowest BCUT2D eigenvalue weighted by atomic mass is 10.1. The molecule has 2 atom stereocenters. The third kappa shape index (κ3) is 1.60. The molecule has 0 saturated carbocycles. The van der Waals surface area contributed by atoms with Gasteiger partial charge in [-0.05, 0) is 17.7 Å². The molecule has 0 aromatic heterocycles. The van der Waals surface area contributed by atoms with Crippen molar-refractivity contribution in [2.24, 2.45) is 0 Å². The highest BCUT2D eigenvalue weighted by Gasteiger charge is 2.62. The number of rotatable bonds is 4. The van der Waals surface area contributed by atoms with Crippen LogP contribution in [0.15, 0.2) is 42.5 Å². The first kappa shape index (κ1) is 10.1. The van der Waals surface area contributed by atoms with E-state index in [1.54, 1.807) is 17.8 Å². The largest absolute Gasteiger partial charge is 0.352 e. The SMILES string of the molecule is O=C1C=C[C@H]2O[C@@]12CSCc1ccccc1. The minimum Gasteiger partial charge on any atom is -0.352 e. The molecule has 1 aliphatic carbocycles. The summed E-state index contributed by atoms with van der Waals surface area (Å²) >= 11 is 1.76. The Morgan fingerprint density at radius 3 is 2.75 bits per heavy atom. The fourth-order valence-electron chi connectivity index (χ4n) is 1.98. The Bertz CT molecular complexity index is 441. The second-order valence-corrected chi connectivity index (χ2v) is 5.12. The summed E-state index contributed by atoms with van der Waals surface area (Å²) in [4.78, 5) is 11.6. The number of thioether (sulfide) groups is 1. The van der Waals surface area contributed by atoms with Gasteiger partial charge in [-0.2, -0.15) is 11.8 Å². The summed E-state index contributed by atoms with van der Waals surface area (Å²) in [5.74, 6) is 1.84. The predicted molar refractivity (Wildman–Crippen MR) is 64.4 cm³/mol. The Labute approximate surface area is 98.7 Å². The van der Waals surface area contributed by atoms with Gasteiger partial charge in [0.2, 0.25) is 0 Å². The maximum absolute atomic E-state index is 11.6. The molecule has 3 rings (SSSR count). The van der Waals surface area contributed by atoms with E-state index < -0.39 is 5.60 Å². The molecule has 16 heavy (non-hydrogen) atoms. The van der Waals surface area contributed by atoms with E-state index in [1.165, 1.54) is 5.56 Å². The lowest BCUT2D eigenvalue weighted by molar-refractivity contribution is -0.118. The number of ketones is 1. The van der Waals surface area contributed by atoms with Gasteiger partial charge in [0.15, 0.2) is 11.4 Å². The maximum atomic E-state index is 11.6. The molecule has 1 fully saturated rings. The standard InChI is InChI=1S/C13H12O2S/c14-11-6-7-12-13(11,15-12)9-16-8-10-4-2-1-3-5-10/h1-7,12H,8-9H2/t12-,13+/m1/s1. The molecular weight excluding hydrogens is 220 g/mol. The quantitative estimate of drug-likeness (QED) is 0.745. The third-order valence-electron chi connectivity index (χ3n) is 3.01. The highest BCUT2D eigenvalue weighted by Crippen LogP contribution is 2.45. The van der Waals surface area contributed by atoms with E-state index in [1.807, 2.05) is 24.3 Å². The van der Waals surface area contributed by atoms with Crippen molar-refractivity contribution in [2.75, 3.05) is 5.75 Å². The van der Waals surface area contributed by atoms with Gasteiger partial charge >= 0.3 is 0 Å². The zero-order valence-corrected chi connectivity index (χ0v) is 9.57. The molecule has 0 N–H and O–H groups in total. The first-order valence-electron chi connectivity index (χ1n) is 5.33. The van der Waals surface area contributed by atoms with E-state index >= 15 is 0 Å². The molecular formula is C13H12O2S. The normalized spacial score (nSPS) is 30.5. The van der Waals surface area contributed by atoms with Crippen LogP contribution in [0, 0.1) is 0 Å². The van der Waals surface area contributed by atoms with Crippen LogP contribution in [0.4, 0.5) is 0 Å². The van der Waals surface area contributed by atoms with Crippen LogP contribution in [-0.4, -0.2) is 23.2 Å². The van der Waals surface area contributed by atoms with Crippen LogP contribution in [0.2, 0.25) is 0 Å². The van der Waals surface area contributed by atoms with Crippen LogP contribution in [0.1, 0.15) is 5.56 Å². The molecule has 0 unspecified atom stereocenters. The van der Waals surface area contributed by atoms with Crippen molar-refractivity contribution in [3.8, 4) is 0 Å². The highest BCUT2D eigenvalue weighted by molar-refractivity contribution is 7.98. The monoisotopic (exact) mass is 232 g/mol. The number of benzene rings is 1. The highest BCUT2D eigenvalue weighted by atomic mass is 32.2. The number of hydrogen-bond donors (Lipinski definition) is 0. The smallest absolute Gasteiger partial charge is 0.191 e. The van der Waals surface area contributed by atoms with E-state index in [-0.39, 0.29) is 11.9 Å². The van der Waals surface area contributed by atoms with Crippen molar-refractivity contribution < 1.29 is 9.53 Å². The fourth-order valence-corrected chi connectivity index (χ4v) is 3.19. The molecule has 1 aliphatic heterocycles. The van der Waals surface area contributed by atoms with Gasteiger partial charge in [0, 0.05) is 11.5 Å². The van der Waals surface area contributed by atoms with Crippen molar-refractivity contribution in [3.63, 3.8) is 0 Å². The van der Waals surface area contributed by atoms with E-state index in [4.69, 9.17) is 4.74 Å². The Morgan fingerprint density at radius 2 is 2.12 bits per heavy atom. The summed E-state index contributed by atoms with van der Waals surface area (Å²) in [6.45, 7) is 0. The van der Waals surface area contributed by atoms with Crippen LogP contribution in [0.25, 0.3) is 0 Å². The van der Waals surface area contributed by atoms with Gasteiger partial charge in [0.1, 0.15) is 6.10 Å². The summed E-state index contributed by atoms with van der Waals surface area (Å²) in [6.07, 6.45) is 3.58. The fraction of sp³-hybridized carbons (Fsp3) is 0.308. The van der Waals surface area contributed by atoms with Crippen molar-refractivity contribution in [1.82, 2.24) is 0 Å². The van der Waals surface area contributed by atoms with Crippen molar-refractivity contribution >= 4 is 17.5 Å². The number of epoxide rings is 1. The van der Waals surface area contributed by atoms with E-state index in [2.05, 4.69) is 12.1 Å². The number of fused-ring (bicyclic) bond motifs is 1. The van der Waals surface area contributed by atoms with E-state index in [9.17, 15) is 4.79 Å². The first-order valence-corrected chi connectivity index (χ1v) is 6.49. The van der Waals surface area contributed by atoms with Gasteiger partial charge in [0.25, 0.3) is 0 Å². The van der Waals surface area contributed by atoms with E-state index in [0.717, 1.165) is 11.5 Å². The minimum absolute atomic E-state index is 0.0586. The molecule has 1 heterocycles. The maximum Gasteiger partial charge on any atom is 0.191 e. The average molecular weight is 232 g/mol.